The summed E-state index contributed by atoms with van der Waals surface area (Å²) >= 11 is 12.0. The highest BCUT2D eigenvalue weighted by Crippen LogP contribution is 2.29. The Morgan fingerprint density at radius 2 is 1.79 bits per heavy atom. The molecule has 0 spiro atoms. The summed E-state index contributed by atoms with van der Waals surface area (Å²) in [5, 5.41) is 13.0. The Balaban J connectivity index is 1.79. The number of amides is 1. The fourth-order valence-electron chi connectivity index (χ4n) is 2.45. The van der Waals surface area contributed by atoms with E-state index in [1.54, 1.807) is 61.7 Å². The van der Waals surface area contributed by atoms with Crippen molar-refractivity contribution < 1.29 is 13.9 Å². The van der Waals surface area contributed by atoms with Crippen molar-refractivity contribution in [3.05, 3.63) is 76.0 Å². The number of carbonyl (C=O) groups is 1. The van der Waals surface area contributed by atoms with E-state index in [4.69, 9.17) is 32.4 Å². The van der Waals surface area contributed by atoms with Gasteiger partial charge in [0, 0.05) is 27.4 Å². The fourth-order valence-corrected chi connectivity index (χ4v) is 2.97. The first-order valence-corrected chi connectivity index (χ1v) is 8.87. The molecular formula is C21H14Cl2N2O3. The number of hydrogen-bond acceptors (Lipinski definition) is 4. The molecule has 28 heavy (non-hydrogen) atoms. The quantitative estimate of drug-likeness (QED) is 0.423. The Kier molecular flexibility index (Phi) is 6.05. The van der Waals surface area contributed by atoms with E-state index in [0.29, 0.717) is 38.6 Å². The third-order valence-corrected chi connectivity index (χ3v) is 4.21. The normalized spacial score (nSPS) is 11.0. The molecule has 0 saturated carbocycles. The van der Waals surface area contributed by atoms with E-state index in [1.165, 1.54) is 6.08 Å². The lowest BCUT2D eigenvalue weighted by Crippen LogP contribution is -2.13. The van der Waals surface area contributed by atoms with Crippen LogP contribution in [0.2, 0.25) is 10.0 Å². The number of rotatable bonds is 5. The predicted molar refractivity (Wildman–Crippen MR) is 109 cm³/mol. The summed E-state index contributed by atoms with van der Waals surface area (Å²) in [6.45, 7) is 0. The minimum atomic E-state index is -0.545. The highest BCUT2D eigenvalue weighted by atomic mass is 35.5. The van der Waals surface area contributed by atoms with Crippen LogP contribution >= 0.6 is 23.2 Å². The Bertz CT molecular complexity index is 1060. The van der Waals surface area contributed by atoms with Crippen molar-refractivity contribution >= 4 is 40.9 Å². The third kappa shape index (κ3) is 4.74. The van der Waals surface area contributed by atoms with E-state index in [9.17, 15) is 10.1 Å². The average Bonchev–Trinajstić information content (AvgIpc) is 3.14. The molecule has 1 heterocycles. The molecule has 7 heteroatoms. The van der Waals surface area contributed by atoms with E-state index < -0.39 is 5.91 Å². The number of benzene rings is 2. The third-order valence-electron chi connectivity index (χ3n) is 3.77. The van der Waals surface area contributed by atoms with Crippen molar-refractivity contribution in [1.29, 1.82) is 5.26 Å². The average molecular weight is 413 g/mol. The number of hydrogen-bond donors (Lipinski definition) is 1. The highest BCUT2D eigenvalue weighted by molar-refractivity contribution is 6.35. The first-order chi connectivity index (χ1) is 13.5. The van der Waals surface area contributed by atoms with Gasteiger partial charge in [0.25, 0.3) is 5.91 Å². The highest BCUT2D eigenvalue weighted by Gasteiger charge is 2.12. The predicted octanol–water partition coefficient (Wildman–Crippen LogP) is 5.81. The zero-order valence-electron chi connectivity index (χ0n) is 14.7. The van der Waals surface area contributed by atoms with Gasteiger partial charge in [-0.25, -0.2) is 0 Å². The van der Waals surface area contributed by atoms with Gasteiger partial charge in [0.1, 0.15) is 28.9 Å². The number of nitrogens with one attached hydrogen (secondary N) is 1. The van der Waals surface area contributed by atoms with Crippen LogP contribution in [0.1, 0.15) is 5.76 Å². The second kappa shape index (κ2) is 8.66. The molecule has 0 atom stereocenters. The van der Waals surface area contributed by atoms with Crippen LogP contribution in [0.3, 0.4) is 0 Å². The Hall–Kier alpha value is -3.20. The van der Waals surface area contributed by atoms with Gasteiger partial charge < -0.3 is 14.5 Å². The monoisotopic (exact) mass is 412 g/mol. The largest absolute Gasteiger partial charge is 0.497 e. The molecule has 3 rings (SSSR count). The summed E-state index contributed by atoms with van der Waals surface area (Å²) in [6.07, 6.45) is 1.37. The number of nitriles is 1. The zero-order chi connectivity index (χ0) is 20.1. The second-order valence-corrected chi connectivity index (χ2v) is 6.59. The maximum Gasteiger partial charge on any atom is 0.266 e. The van der Waals surface area contributed by atoms with Crippen molar-refractivity contribution in [2.45, 2.75) is 0 Å². The van der Waals surface area contributed by atoms with Crippen molar-refractivity contribution in [3.63, 3.8) is 0 Å². The van der Waals surface area contributed by atoms with Gasteiger partial charge in [-0.05, 0) is 54.6 Å². The minimum Gasteiger partial charge on any atom is -0.497 e. The van der Waals surface area contributed by atoms with Gasteiger partial charge in [-0.2, -0.15) is 5.26 Å². The lowest BCUT2D eigenvalue weighted by atomic mass is 10.2. The van der Waals surface area contributed by atoms with Gasteiger partial charge in [0.2, 0.25) is 0 Å². The molecule has 0 unspecified atom stereocenters. The van der Waals surface area contributed by atoms with Gasteiger partial charge >= 0.3 is 0 Å². The molecule has 0 fully saturated rings. The van der Waals surface area contributed by atoms with Crippen LogP contribution < -0.4 is 10.1 Å². The summed E-state index contributed by atoms with van der Waals surface area (Å²) in [5.41, 5.74) is 1.14. The fraction of sp³-hybridized carbons (Fsp3) is 0.0476. The van der Waals surface area contributed by atoms with Gasteiger partial charge in [-0.1, -0.05) is 23.2 Å². The second-order valence-electron chi connectivity index (χ2n) is 5.71. The molecular weight excluding hydrogens is 399 g/mol. The standard InChI is InChI=1S/C21H14Cl2N2O3/c1-27-18-4-2-17(3-5-18)25-21(26)14(12-24)10-19-6-7-20(28-19)13-8-15(22)11-16(23)9-13/h2-11H,1H3,(H,25,26)/b14-10+. The van der Waals surface area contributed by atoms with Crippen molar-refractivity contribution in [1.82, 2.24) is 0 Å². The van der Waals surface area contributed by atoms with Gasteiger partial charge in [-0.15, -0.1) is 0 Å². The lowest BCUT2D eigenvalue weighted by molar-refractivity contribution is -0.112. The molecule has 0 saturated heterocycles. The van der Waals surface area contributed by atoms with Gasteiger partial charge in [0.05, 0.1) is 7.11 Å². The molecule has 2 aromatic carbocycles. The minimum absolute atomic E-state index is 0.0964. The van der Waals surface area contributed by atoms with Crippen LogP contribution in [0.4, 0.5) is 5.69 Å². The summed E-state index contributed by atoms with van der Waals surface area (Å²) < 4.78 is 10.8. The molecule has 0 aliphatic rings. The number of ether oxygens (including phenoxy) is 1. The Morgan fingerprint density at radius 1 is 1.11 bits per heavy atom. The summed E-state index contributed by atoms with van der Waals surface area (Å²) in [6, 6.07) is 17.1. The molecule has 0 radical (unpaired) electrons. The number of methoxy groups -OCH3 is 1. The van der Waals surface area contributed by atoms with E-state index in [0.717, 1.165) is 0 Å². The molecule has 3 aromatic rings. The Labute approximate surface area is 171 Å². The van der Waals surface area contributed by atoms with Crippen LogP contribution in [0.5, 0.6) is 5.75 Å². The molecule has 140 valence electrons. The van der Waals surface area contributed by atoms with E-state index in [-0.39, 0.29) is 5.57 Å². The van der Waals surface area contributed by atoms with Crippen molar-refractivity contribution in [3.8, 4) is 23.1 Å². The number of anilines is 1. The number of carbonyl (C=O) groups excluding carboxylic acids is 1. The molecule has 1 amide bonds. The number of halogens is 2. The van der Waals surface area contributed by atoms with Gasteiger partial charge in [0.15, 0.2) is 0 Å². The first kappa shape index (κ1) is 19.6. The molecule has 0 aliphatic carbocycles. The van der Waals surface area contributed by atoms with Crippen LogP contribution in [0.25, 0.3) is 17.4 Å². The van der Waals surface area contributed by atoms with E-state index >= 15 is 0 Å². The molecule has 5 nitrogen and oxygen atoms in total. The van der Waals surface area contributed by atoms with Crippen LogP contribution in [0, 0.1) is 11.3 Å². The first-order valence-electron chi connectivity index (χ1n) is 8.12. The van der Waals surface area contributed by atoms with Gasteiger partial charge in [-0.3, -0.25) is 4.79 Å². The molecule has 0 aliphatic heterocycles. The topological polar surface area (TPSA) is 75.3 Å². The number of nitrogens with zero attached hydrogens (tertiary/aromatic N) is 1. The lowest BCUT2D eigenvalue weighted by Gasteiger charge is -2.05. The summed E-state index contributed by atoms with van der Waals surface area (Å²) in [7, 11) is 1.55. The van der Waals surface area contributed by atoms with Crippen molar-refractivity contribution in [2.24, 2.45) is 0 Å². The zero-order valence-corrected chi connectivity index (χ0v) is 16.2. The van der Waals surface area contributed by atoms with Crippen molar-refractivity contribution in [2.75, 3.05) is 12.4 Å². The maximum atomic E-state index is 12.4. The molecule has 1 N–H and O–H groups in total. The smallest absolute Gasteiger partial charge is 0.266 e. The molecule has 0 bridgehead atoms. The van der Waals surface area contributed by atoms with Crippen LogP contribution in [-0.2, 0) is 4.79 Å². The number of furan rings is 1. The van der Waals surface area contributed by atoms with Crippen LogP contribution in [-0.4, -0.2) is 13.0 Å². The summed E-state index contributed by atoms with van der Waals surface area (Å²) in [4.78, 5) is 12.4. The Morgan fingerprint density at radius 3 is 2.39 bits per heavy atom. The SMILES string of the molecule is COc1ccc(NC(=O)/C(C#N)=C/c2ccc(-c3cc(Cl)cc(Cl)c3)o2)cc1. The maximum absolute atomic E-state index is 12.4. The molecule has 1 aromatic heterocycles. The summed E-state index contributed by atoms with van der Waals surface area (Å²) in [5.74, 6) is 0.991. The van der Waals surface area contributed by atoms with Crippen LogP contribution in [0.15, 0.2) is 64.6 Å². The van der Waals surface area contributed by atoms with E-state index in [1.807, 2.05) is 6.07 Å². The van der Waals surface area contributed by atoms with E-state index in [2.05, 4.69) is 5.32 Å².